The van der Waals surface area contributed by atoms with Crippen molar-refractivity contribution < 1.29 is 18.1 Å². The van der Waals surface area contributed by atoms with E-state index in [1.54, 1.807) is 42.5 Å². The van der Waals surface area contributed by atoms with Gasteiger partial charge in [0.2, 0.25) is 15.9 Å². The van der Waals surface area contributed by atoms with E-state index in [1.807, 2.05) is 0 Å². The maximum Gasteiger partial charge on any atom is 0.269 e. The first-order chi connectivity index (χ1) is 15.2. The lowest BCUT2D eigenvalue weighted by Crippen LogP contribution is -2.42. The third-order valence-corrected chi connectivity index (χ3v) is 6.99. The van der Waals surface area contributed by atoms with E-state index in [0.29, 0.717) is 16.1 Å². The fraction of sp³-hybridized carbons (Fsp3) is 0.136. The number of nitrogens with two attached hydrogens (primary N) is 1. The molecule has 0 aliphatic carbocycles. The van der Waals surface area contributed by atoms with Gasteiger partial charge in [-0.3, -0.25) is 14.9 Å². The zero-order chi connectivity index (χ0) is 23.3. The summed E-state index contributed by atoms with van der Waals surface area (Å²) in [4.78, 5) is 22.7. The monoisotopic (exact) mass is 473 g/mol. The van der Waals surface area contributed by atoms with Crippen molar-refractivity contribution in [3.63, 3.8) is 0 Å². The molecule has 3 aromatic rings. The van der Waals surface area contributed by atoms with Crippen molar-refractivity contribution in [2.24, 2.45) is 5.73 Å². The zero-order valence-electron chi connectivity index (χ0n) is 16.8. The predicted molar refractivity (Wildman–Crippen MR) is 121 cm³/mol. The number of primary amides is 1. The SMILES string of the molecule is NC(=O)C(c1ccccc1)N(CCc1ccc([N+](=O)[O-])cc1)S(=O)(=O)c1ccc(Cl)cc1. The minimum absolute atomic E-state index is 0.0345. The van der Waals surface area contributed by atoms with E-state index < -0.39 is 26.9 Å². The van der Waals surface area contributed by atoms with Crippen LogP contribution in [0.1, 0.15) is 17.2 Å². The lowest BCUT2D eigenvalue weighted by Gasteiger charge is -2.29. The number of halogens is 1. The van der Waals surface area contributed by atoms with Crippen molar-refractivity contribution in [3.8, 4) is 0 Å². The summed E-state index contributed by atoms with van der Waals surface area (Å²) in [5, 5.41) is 11.2. The average Bonchev–Trinajstić information content (AvgIpc) is 2.77. The van der Waals surface area contributed by atoms with Crippen LogP contribution in [0.15, 0.2) is 83.8 Å². The summed E-state index contributed by atoms with van der Waals surface area (Å²) in [7, 11) is -4.14. The molecule has 3 aromatic carbocycles. The van der Waals surface area contributed by atoms with Gasteiger partial charge in [-0.05, 0) is 41.8 Å². The molecule has 32 heavy (non-hydrogen) atoms. The smallest absolute Gasteiger partial charge is 0.269 e. The molecule has 2 N–H and O–H groups in total. The van der Waals surface area contributed by atoms with Crippen LogP contribution in [-0.2, 0) is 21.2 Å². The molecule has 0 aliphatic heterocycles. The first-order valence-corrected chi connectivity index (χ1v) is 11.4. The Kier molecular flexibility index (Phi) is 7.24. The number of benzene rings is 3. The molecule has 1 amide bonds. The van der Waals surface area contributed by atoms with E-state index in [0.717, 1.165) is 4.31 Å². The molecule has 0 fully saturated rings. The molecule has 0 bridgehead atoms. The summed E-state index contributed by atoms with van der Waals surface area (Å²) < 4.78 is 28.1. The largest absolute Gasteiger partial charge is 0.368 e. The number of carbonyl (C=O) groups excluding carboxylic acids is 1. The Balaban J connectivity index is 2.00. The Morgan fingerprint density at radius 2 is 1.59 bits per heavy atom. The fourth-order valence-corrected chi connectivity index (χ4v) is 4.97. The first-order valence-electron chi connectivity index (χ1n) is 9.55. The topological polar surface area (TPSA) is 124 Å². The van der Waals surface area contributed by atoms with E-state index in [1.165, 1.54) is 36.4 Å². The van der Waals surface area contributed by atoms with Gasteiger partial charge in [-0.15, -0.1) is 0 Å². The van der Waals surface area contributed by atoms with Crippen LogP contribution in [0.4, 0.5) is 5.69 Å². The Morgan fingerprint density at radius 1 is 1.00 bits per heavy atom. The quantitative estimate of drug-likeness (QED) is 0.374. The molecule has 8 nitrogen and oxygen atoms in total. The zero-order valence-corrected chi connectivity index (χ0v) is 18.4. The lowest BCUT2D eigenvalue weighted by atomic mass is 10.1. The van der Waals surface area contributed by atoms with Gasteiger partial charge in [-0.2, -0.15) is 4.31 Å². The number of rotatable bonds is 9. The highest BCUT2D eigenvalue weighted by molar-refractivity contribution is 7.89. The molecule has 0 radical (unpaired) electrons. The molecular formula is C22H20ClN3O5S. The van der Waals surface area contributed by atoms with Crippen LogP contribution in [0.25, 0.3) is 0 Å². The van der Waals surface area contributed by atoms with Crippen molar-refractivity contribution in [1.29, 1.82) is 0 Å². The molecule has 0 saturated carbocycles. The summed E-state index contributed by atoms with van der Waals surface area (Å²) in [6.07, 6.45) is 0.210. The number of amides is 1. The third kappa shape index (κ3) is 5.31. The second-order valence-corrected chi connectivity index (χ2v) is 9.29. The minimum Gasteiger partial charge on any atom is -0.368 e. The van der Waals surface area contributed by atoms with E-state index in [-0.39, 0.29) is 23.5 Å². The second-order valence-electron chi connectivity index (χ2n) is 6.96. The average molecular weight is 474 g/mol. The summed E-state index contributed by atoms with van der Waals surface area (Å²) in [5.41, 5.74) is 6.68. The first kappa shape index (κ1) is 23.4. The summed E-state index contributed by atoms with van der Waals surface area (Å²) in [6.45, 7) is -0.0781. The summed E-state index contributed by atoms with van der Waals surface area (Å²) in [5.74, 6) is -0.822. The molecule has 1 unspecified atom stereocenters. The van der Waals surface area contributed by atoms with Crippen molar-refractivity contribution >= 4 is 33.2 Å². The number of hydrogen-bond donors (Lipinski definition) is 1. The van der Waals surface area contributed by atoms with Gasteiger partial charge in [0.05, 0.1) is 9.82 Å². The molecule has 10 heteroatoms. The Labute approximate surface area is 190 Å². The van der Waals surface area contributed by atoms with E-state index in [4.69, 9.17) is 17.3 Å². The predicted octanol–water partition coefficient (Wildman–Crippen LogP) is 3.71. The molecule has 0 aromatic heterocycles. The second kappa shape index (κ2) is 9.90. The Morgan fingerprint density at radius 3 is 2.12 bits per heavy atom. The number of sulfonamides is 1. The van der Waals surface area contributed by atoms with Gasteiger partial charge in [0, 0.05) is 23.7 Å². The number of nitro benzene ring substituents is 1. The number of non-ortho nitro benzene ring substituents is 1. The molecule has 0 heterocycles. The Bertz CT molecular complexity index is 1200. The lowest BCUT2D eigenvalue weighted by molar-refractivity contribution is -0.384. The van der Waals surface area contributed by atoms with Crippen LogP contribution in [0.5, 0.6) is 0 Å². The number of carbonyl (C=O) groups is 1. The minimum atomic E-state index is -4.14. The molecule has 3 rings (SSSR count). The highest BCUT2D eigenvalue weighted by Crippen LogP contribution is 2.29. The van der Waals surface area contributed by atoms with Gasteiger partial charge in [0.25, 0.3) is 5.69 Å². The standard InChI is InChI=1S/C22H20ClN3O5S/c23-18-8-12-20(13-9-18)32(30,31)25(21(22(24)27)17-4-2-1-3-5-17)15-14-16-6-10-19(11-7-16)26(28)29/h1-13,21H,14-15H2,(H2,24,27). The normalized spacial score (nSPS) is 12.4. The molecular weight excluding hydrogens is 454 g/mol. The van der Waals surface area contributed by atoms with Gasteiger partial charge in [0.15, 0.2) is 0 Å². The fourth-order valence-electron chi connectivity index (χ4n) is 3.26. The van der Waals surface area contributed by atoms with Gasteiger partial charge in [0.1, 0.15) is 6.04 Å². The number of nitro groups is 1. The van der Waals surface area contributed by atoms with Crippen molar-refractivity contribution in [1.82, 2.24) is 4.31 Å². The number of nitrogens with zero attached hydrogens (tertiary/aromatic N) is 2. The van der Waals surface area contributed by atoms with Gasteiger partial charge in [-0.1, -0.05) is 54.1 Å². The van der Waals surface area contributed by atoms with Crippen LogP contribution >= 0.6 is 11.6 Å². The van der Waals surface area contributed by atoms with Crippen molar-refractivity contribution in [2.45, 2.75) is 17.4 Å². The van der Waals surface area contributed by atoms with Crippen LogP contribution in [0, 0.1) is 10.1 Å². The van der Waals surface area contributed by atoms with Gasteiger partial charge in [-0.25, -0.2) is 8.42 Å². The van der Waals surface area contributed by atoms with Crippen LogP contribution in [0.2, 0.25) is 5.02 Å². The molecule has 1 atom stereocenters. The third-order valence-electron chi connectivity index (χ3n) is 4.86. The van der Waals surface area contributed by atoms with Crippen molar-refractivity contribution in [3.05, 3.63) is 105 Å². The van der Waals surface area contributed by atoms with Crippen molar-refractivity contribution in [2.75, 3.05) is 6.54 Å². The molecule has 0 spiro atoms. The van der Waals surface area contributed by atoms with E-state index in [9.17, 15) is 23.3 Å². The molecule has 166 valence electrons. The highest BCUT2D eigenvalue weighted by atomic mass is 35.5. The van der Waals surface area contributed by atoms with Crippen LogP contribution in [0.3, 0.4) is 0 Å². The van der Waals surface area contributed by atoms with Gasteiger partial charge < -0.3 is 5.73 Å². The molecule has 0 aliphatic rings. The van der Waals surface area contributed by atoms with E-state index in [2.05, 4.69) is 0 Å². The van der Waals surface area contributed by atoms with Crippen LogP contribution in [-0.4, -0.2) is 30.1 Å². The van der Waals surface area contributed by atoms with Crippen LogP contribution < -0.4 is 5.73 Å². The molecule has 0 saturated heterocycles. The maximum absolute atomic E-state index is 13.5. The highest BCUT2D eigenvalue weighted by Gasteiger charge is 2.35. The summed E-state index contributed by atoms with van der Waals surface area (Å²) >= 11 is 5.90. The maximum atomic E-state index is 13.5. The number of hydrogen-bond acceptors (Lipinski definition) is 5. The summed E-state index contributed by atoms with van der Waals surface area (Å²) in [6, 6.07) is 18.5. The van der Waals surface area contributed by atoms with E-state index >= 15 is 0 Å². The Hall–Kier alpha value is -3.27. The van der Waals surface area contributed by atoms with Gasteiger partial charge >= 0.3 is 0 Å².